The molecule has 11 heteroatoms. The number of hydrogen-bond acceptors (Lipinski definition) is 5. The number of aliphatic hydroxyl groups excluding tert-OH is 1. The summed E-state index contributed by atoms with van der Waals surface area (Å²) in [5, 5.41) is 11.8. The molecule has 0 aliphatic rings. The number of carbonyl (C=O) groups excluding carboxylic acids is 1. The van der Waals surface area contributed by atoms with Crippen molar-refractivity contribution in [1.82, 2.24) is 0 Å². The molecule has 1 amide bonds. The molecule has 0 fully saturated rings. The standard InChI is InChI=1S/C24H22F5N3O3/c1-12-8-15(25)3-7-20(12)35-21-6-2-14(24(27,28)29)11-17(21)23(34)32-16-4-5-18(26)13(9-16)10-19(30)22(31)33/h2-9,11,19,22,33H,10,30-31H2,1H3,(H,32,34). The van der Waals surface area contributed by atoms with Gasteiger partial charge in [0.2, 0.25) is 0 Å². The third kappa shape index (κ3) is 6.53. The van der Waals surface area contributed by atoms with Crippen molar-refractivity contribution in [2.75, 3.05) is 5.32 Å². The normalized spacial score (nSPS) is 13.3. The smallest absolute Gasteiger partial charge is 0.416 e. The minimum Gasteiger partial charge on any atom is -0.456 e. The summed E-state index contributed by atoms with van der Waals surface area (Å²) in [5.74, 6) is -2.24. The predicted molar refractivity (Wildman–Crippen MR) is 119 cm³/mol. The second-order valence-electron chi connectivity index (χ2n) is 7.84. The first-order valence-electron chi connectivity index (χ1n) is 10.3. The fourth-order valence-corrected chi connectivity index (χ4v) is 3.20. The number of alkyl halides is 3. The zero-order valence-electron chi connectivity index (χ0n) is 18.4. The number of benzene rings is 3. The number of ether oxygens (including phenoxy) is 1. The monoisotopic (exact) mass is 495 g/mol. The Balaban J connectivity index is 1.95. The van der Waals surface area contributed by atoms with E-state index in [4.69, 9.17) is 16.2 Å². The van der Waals surface area contributed by atoms with E-state index in [9.17, 15) is 31.9 Å². The number of carbonyl (C=O) groups is 1. The van der Waals surface area contributed by atoms with Crippen LogP contribution in [0, 0.1) is 18.6 Å². The van der Waals surface area contributed by atoms with Crippen LogP contribution < -0.4 is 21.5 Å². The van der Waals surface area contributed by atoms with E-state index in [2.05, 4.69) is 5.32 Å². The van der Waals surface area contributed by atoms with Crippen molar-refractivity contribution in [2.45, 2.75) is 31.8 Å². The number of aliphatic hydroxyl groups is 1. The first-order chi connectivity index (χ1) is 16.3. The molecule has 2 unspecified atom stereocenters. The van der Waals surface area contributed by atoms with Gasteiger partial charge in [-0.1, -0.05) is 0 Å². The Morgan fingerprint density at radius 2 is 1.71 bits per heavy atom. The van der Waals surface area contributed by atoms with E-state index >= 15 is 0 Å². The minimum absolute atomic E-state index is 0.0299. The number of nitrogens with two attached hydrogens (primary N) is 2. The van der Waals surface area contributed by atoms with Crippen molar-refractivity contribution >= 4 is 11.6 Å². The molecule has 0 saturated heterocycles. The van der Waals surface area contributed by atoms with Crippen LogP contribution in [0.15, 0.2) is 54.6 Å². The summed E-state index contributed by atoms with van der Waals surface area (Å²) in [6.07, 6.45) is -6.30. The Morgan fingerprint density at radius 1 is 1.03 bits per heavy atom. The average Bonchev–Trinajstić information content (AvgIpc) is 2.77. The van der Waals surface area contributed by atoms with E-state index in [1.807, 2.05) is 0 Å². The average molecular weight is 495 g/mol. The molecular weight excluding hydrogens is 473 g/mol. The first kappa shape index (κ1) is 26.1. The maximum atomic E-state index is 14.1. The fourth-order valence-electron chi connectivity index (χ4n) is 3.20. The van der Waals surface area contributed by atoms with Gasteiger partial charge in [0.15, 0.2) is 0 Å². The lowest BCUT2D eigenvalue weighted by molar-refractivity contribution is -0.137. The fraction of sp³-hybridized carbons (Fsp3) is 0.208. The van der Waals surface area contributed by atoms with Crippen LogP contribution in [0.25, 0.3) is 0 Å². The summed E-state index contributed by atoms with van der Waals surface area (Å²) in [5.41, 5.74) is 9.85. The molecule has 0 aliphatic heterocycles. The molecular formula is C24H22F5N3O3. The van der Waals surface area contributed by atoms with Gasteiger partial charge in [-0.15, -0.1) is 0 Å². The molecule has 35 heavy (non-hydrogen) atoms. The SMILES string of the molecule is Cc1cc(F)ccc1Oc1ccc(C(F)(F)F)cc1C(=O)Nc1ccc(F)c(CC(N)C(N)O)c1. The van der Waals surface area contributed by atoms with Gasteiger partial charge < -0.3 is 26.6 Å². The van der Waals surface area contributed by atoms with Crippen molar-refractivity contribution in [3.05, 3.63) is 88.5 Å². The van der Waals surface area contributed by atoms with E-state index in [0.29, 0.717) is 11.6 Å². The van der Waals surface area contributed by atoms with Gasteiger partial charge in [-0.25, -0.2) is 8.78 Å². The summed E-state index contributed by atoms with van der Waals surface area (Å²) in [4.78, 5) is 13.0. The van der Waals surface area contributed by atoms with Crippen LogP contribution >= 0.6 is 0 Å². The number of hydrogen-bond donors (Lipinski definition) is 4. The Morgan fingerprint density at radius 3 is 2.34 bits per heavy atom. The Kier molecular flexibility index (Phi) is 7.73. The van der Waals surface area contributed by atoms with E-state index < -0.39 is 47.1 Å². The molecule has 3 aromatic rings. The van der Waals surface area contributed by atoms with Gasteiger partial charge in [0.1, 0.15) is 29.4 Å². The van der Waals surface area contributed by atoms with Crippen molar-refractivity contribution in [2.24, 2.45) is 11.5 Å². The third-order valence-electron chi connectivity index (χ3n) is 5.11. The van der Waals surface area contributed by atoms with Gasteiger partial charge in [0, 0.05) is 11.7 Å². The molecule has 186 valence electrons. The summed E-state index contributed by atoms with van der Waals surface area (Å²) in [7, 11) is 0. The highest BCUT2D eigenvalue weighted by Gasteiger charge is 2.32. The molecule has 6 nitrogen and oxygen atoms in total. The number of anilines is 1. The van der Waals surface area contributed by atoms with Crippen LogP contribution in [0.2, 0.25) is 0 Å². The van der Waals surface area contributed by atoms with Crippen molar-refractivity contribution < 1.29 is 36.6 Å². The van der Waals surface area contributed by atoms with Gasteiger partial charge in [0.05, 0.1) is 11.1 Å². The maximum Gasteiger partial charge on any atom is 0.416 e. The van der Waals surface area contributed by atoms with Crippen molar-refractivity contribution in [1.29, 1.82) is 0 Å². The zero-order chi connectivity index (χ0) is 25.9. The second kappa shape index (κ2) is 10.4. The summed E-state index contributed by atoms with van der Waals surface area (Å²) in [6, 6.07) is 8.40. The molecule has 0 heterocycles. The minimum atomic E-state index is -4.73. The van der Waals surface area contributed by atoms with Crippen LogP contribution in [0.4, 0.5) is 27.6 Å². The summed E-state index contributed by atoms with van der Waals surface area (Å²) in [6.45, 7) is 1.53. The number of rotatable bonds is 7. The molecule has 6 N–H and O–H groups in total. The number of amides is 1. The highest BCUT2D eigenvalue weighted by molar-refractivity contribution is 6.06. The lowest BCUT2D eigenvalue weighted by Crippen LogP contribution is -2.42. The Labute approximate surface area is 197 Å². The van der Waals surface area contributed by atoms with Gasteiger partial charge in [0.25, 0.3) is 5.91 Å². The van der Waals surface area contributed by atoms with E-state index in [-0.39, 0.29) is 29.2 Å². The molecule has 0 saturated carbocycles. The molecule has 3 rings (SSSR count). The molecule has 0 aliphatic carbocycles. The molecule has 3 aromatic carbocycles. The molecule has 0 aromatic heterocycles. The predicted octanol–water partition coefficient (Wildman–Crippen LogP) is 4.48. The Bertz CT molecular complexity index is 1230. The van der Waals surface area contributed by atoms with Gasteiger partial charge in [-0.3, -0.25) is 4.79 Å². The van der Waals surface area contributed by atoms with E-state index in [1.165, 1.54) is 31.2 Å². The number of nitrogens with one attached hydrogen (secondary N) is 1. The molecule has 0 radical (unpaired) electrons. The molecule has 0 bridgehead atoms. The largest absolute Gasteiger partial charge is 0.456 e. The third-order valence-corrected chi connectivity index (χ3v) is 5.11. The van der Waals surface area contributed by atoms with Crippen molar-refractivity contribution in [3.63, 3.8) is 0 Å². The maximum absolute atomic E-state index is 14.1. The van der Waals surface area contributed by atoms with Gasteiger partial charge in [-0.05, 0) is 79.1 Å². The lowest BCUT2D eigenvalue weighted by Gasteiger charge is -2.17. The van der Waals surface area contributed by atoms with E-state index in [1.54, 1.807) is 0 Å². The molecule has 0 spiro atoms. The van der Waals surface area contributed by atoms with Crippen LogP contribution in [0.1, 0.15) is 27.0 Å². The summed E-state index contributed by atoms with van der Waals surface area (Å²) < 4.78 is 73.1. The van der Waals surface area contributed by atoms with Crippen LogP contribution in [-0.2, 0) is 12.6 Å². The summed E-state index contributed by atoms with van der Waals surface area (Å²) >= 11 is 0. The Hall–Kier alpha value is -3.54. The van der Waals surface area contributed by atoms with E-state index in [0.717, 1.165) is 24.3 Å². The van der Waals surface area contributed by atoms with Crippen LogP contribution in [-0.4, -0.2) is 23.3 Å². The van der Waals surface area contributed by atoms with Crippen molar-refractivity contribution in [3.8, 4) is 11.5 Å². The first-order valence-corrected chi connectivity index (χ1v) is 10.3. The topological polar surface area (TPSA) is 111 Å². The zero-order valence-corrected chi connectivity index (χ0v) is 18.4. The van der Waals surface area contributed by atoms with Gasteiger partial charge >= 0.3 is 6.18 Å². The second-order valence-corrected chi connectivity index (χ2v) is 7.84. The highest BCUT2D eigenvalue weighted by atomic mass is 19.4. The molecule has 2 atom stereocenters. The number of aryl methyl sites for hydroxylation is 1. The van der Waals surface area contributed by atoms with Gasteiger partial charge in [-0.2, -0.15) is 13.2 Å². The quantitative estimate of drug-likeness (QED) is 0.285. The van der Waals surface area contributed by atoms with Crippen LogP contribution in [0.5, 0.6) is 11.5 Å². The van der Waals surface area contributed by atoms with Crippen LogP contribution in [0.3, 0.4) is 0 Å². The highest BCUT2D eigenvalue weighted by Crippen LogP contribution is 2.35. The lowest BCUT2D eigenvalue weighted by atomic mass is 10.0. The number of halogens is 5.